The molecule has 30 heavy (non-hydrogen) atoms. The summed E-state index contributed by atoms with van der Waals surface area (Å²) in [5, 5.41) is 3.20. The first-order valence-corrected chi connectivity index (χ1v) is 11.3. The molecule has 1 aliphatic heterocycles. The highest BCUT2D eigenvalue weighted by atomic mass is 35.5. The van der Waals surface area contributed by atoms with Gasteiger partial charge in [-0.2, -0.15) is 0 Å². The zero-order chi connectivity index (χ0) is 22.2. The van der Waals surface area contributed by atoms with Crippen LogP contribution in [0.4, 0.5) is 11.4 Å². The van der Waals surface area contributed by atoms with Crippen molar-refractivity contribution in [3.63, 3.8) is 0 Å². The Morgan fingerprint density at radius 2 is 1.87 bits per heavy atom. The van der Waals surface area contributed by atoms with Gasteiger partial charge >= 0.3 is 0 Å². The van der Waals surface area contributed by atoms with Crippen LogP contribution < -0.4 is 10.2 Å². The number of amides is 2. The lowest BCUT2D eigenvalue weighted by Crippen LogP contribution is -2.25. The maximum absolute atomic E-state index is 12.9. The van der Waals surface area contributed by atoms with Gasteiger partial charge in [-0.15, -0.1) is 0 Å². The van der Waals surface area contributed by atoms with Gasteiger partial charge in [0.1, 0.15) is 0 Å². The number of anilines is 2. The number of aryl methyl sites for hydroxylation is 1. The third-order valence-electron chi connectivity index (χ3n) is 5.24. The largest absolute Gasteiger partial charge is 0.322 e. The van der Waals surface area contributed by atoms with Gasteiger partial charge < -0.3 is 10.2 Å². The van der Waals surface area contributed by atoms with Crippen LogP contribution in [0.3, 0.4) is 0 Å². The number of sulfonamides is 1. The molecular weight excluding hydrogens is 426 g/mol. The first-order chi connectivity index (χ1) is 14.0. The molecule has 1 fully saturated rings. The number of benzene rings is 2. The van der Waals surface area contributed by atoms with Gasteiger partial charge in [0.2, 0.25) is 15.9 Å². The molecule has 7 nitrogen and oxygen atoms in total. The molecule has 0 radical (unpaired) electrons. The molecule has 1 saturated heterocycles. The van der Waals surface area contributed by atoms with Crippen molar-refractivity contribution >= 4 is 44.8 Å². The smallest absolute Gasteiger partial charge is 0.255 e. The molecule has 0 aliphatic carbocycles. The Hall–Kier alpha value is -2.42. The summed E-state index contributed by atoms with van der Waals surface area (Å²) in [7, 11) is -0.736. The van der Waals surface area contributed by atoms with E-state index in [0.717, 1.165) is 21.9 Å². The van der Waals surface area contributed by atoms with E-state index in [0.29, 0.717) is 34.9 Å². The Labute approximate surface area is 181 Å². The zero-order valence-electron chi connectivity index (χ0n) is 17.3. The van der Waals surface area contributed by atoms with Crippen LogP contribution in [0.25, 0.3) is 0 Å². The average molecular weight is 450 g/mol. The summed E-state index contributed by atoms with van der Waals surface area (Å²) in [5.74, 6) is -0.441. The van der Waals surface area contributed by atoms with Crippen LogP contribution in [0.15, 0.2) is 35.2 Å². The fourth-order valence-corrected chi connectivity index (χ4v) is 4.51. The van der Waals surface area contributed by atoms with Crippen molar-refractivity contribution in [2.45, 2.75) is 31.6 Å². The van der Waals surface area contributed by atoms with E-state index >= 15 is 0 Å². The first kappa shape index (κ1) is 22.3. The molecule has 1 N–H and O–H groups in total. The maximum Gasteiger partial charge on any atom is 0.255 e. The number of hydrogen-bond acceptors (Lipinski definition) is 4. The van der Waals surface area contributed by atoms with Gasteiger partial charge in [-0.25, -0.2) is 12.7 Å². The lowest BCUT2D eigenvalue weighted by Gasteiger charge is -2.19. The van der Waals surface area contributed by atoms with Crippen LogP contribution in [0.5, 0.6) is 0 Å². The highest BCUT2D eigenvalue weighted by Crippen LogP contribution is 2.31. The summed E-state index contributed by atoms with van der Waals surface area (Å²) in [5.41, 5.74) is 2.75. The molecule has 1 heterocycles. The Morgan fingerprint density at radius 3 is 2.47 bits per heavy atom. The van der Waals surface area contributed by atoms with Gasteiger partial charge in [0.25, 0.3) is 5.91 Å². The molecule has 1 aliphatic rings. The average Bonchev–Trinajstić information content (AvgIpc) is 3.11. The fourth-order valence-electron chi connectivity index (χ4n) is 3.27. The SMILES string of the molecule is Cc1cc(S(=O)(=O)N(C)C)cc(NC(=O)c2ccc(Cl)c(N3CCCC3=O)c2)c1C. The van der Waals surface area contributed by atoms with Gasteiger partial charge in [0.05, 0.1) is 15.6 Å². The molecule has 0 aromatic heterocycles. The van der Waals surface area contributed by atoms with E-state index in [1.165, 1.54) is 20.2 Å². The van der Waals surface area contributed by atoms with Crippen LogP contribution in [0.1, 0.15) is 34.3 Å². The van der Waals surface area contributed by atoms with Crippen molar-refractivity contribution < 1.29 is 18.0 Å². The molecule has 160 valence electrons. The summed E-state index contributed by atoms with van der Waals surface area (Å²) in [6.07, 6.45) is 1.20. The van der Waals surface area contributed by atoms with E-state index in [9.17, 15) is 18.0 Å². The minimum Gasteiger partial charge on any atom is -0.322 e. The second-order valence-electron chi connectivity index (χ2n) is 7.47. The second-order valence-corrected chi connectivity index (χ2v) is 10.0. The lowest BCUT2D eigenvalue weighted by atomic mass is 10.1. The van der Waals surface area contributed by atoms with Crippen LogP contribution in [-0.4, -0.2) is 45.2 Å². The minimum absolute atomic E-state index is 0.0254. The Balaban J connectivity index is 1.95. The van der Waals surface area contributed by atoms with Gasteiger partial charge in [0, 0.05) is 38.3 Å². The van der Waals surface area contributed by atoms with Crippen LogP contribution in [-0.2, 0) is 14.8 Å². The molecule has 0 spiro atoms. The van der Waals surface area contributed by atoms with E-state index in [4.69, 9.17) is 11.6 Å². The van der Waals surface area contributed by atoms with Crippen molar-refractivity contribution in [2.24, 2.45) is 0 Å². The number of nitrogens with one attached hydrogen (secondary N) is 1. The predicted octanol–water partition coefficient (Wildman–Crippen LogP) is 3.59. The van der Waals surface area contributed by atoms with Crippen LogP contribution in [0, 0.1) is 13.8 Å². The Bertz CT molecular complexity index is 1130. The lowest BCUT2D eigenvalue weighted by molar-refractivity contribution is -0.117. The fraction of sp³-hybridized carbons (Fsp3) is 0.333. The number of carbonyl (C=O) groups is 2. The minimum atomic E-state index is -3.65. The van der Waals surface area contributed by atoms with E-state index < -0.39 is 15.9 Å². The zero-order valence-corrected chi connectivity index (χ0v) is 18.9. The van der Waals surface area contributed by atoms with Crippen molar-refractivity contribution in [3.05, 3.63) is 52.0 Å². The van der Waals surface area contributed by atoms with E-state index in [1.54, 1.807) is 36.1 Å². The third kappa shape index (κ3) is 4.21. The Morgan fingerprint density at radius 1 is 1.17 bits per heavy atom. The number of carbonyl (C=O) groups excluding carboxylic acids is 2. The summed E-state index contributed by atoms with van der Waals surface area (Å²) in [6.45, 7) is 4.17. The quantitative estimate of drug-likeness (QED) is 0.755. The van der Waals surface area contributed by atoms with Gasteiger partial charge in [-0.3, -0.25) is 9.59 Å². The number of hydrogen-bond donors (Lipinski definition) is 1. The summed E-state index contributed by atoms with van der Waals surface area (Å²) >= 11 is 6.26. The Kier molecular flexibility index (Phi) is 6.21. The normalized spacial score (nSPS) is 14.5. The van der Waals surface area contributed by atoms with Crippen molar-refractivity contribution in [2.75, 3.05) is 30.9 Å². The molecule has 2 aromatic rings. The van der Waals surface area contributed by atoms with Crippen LogP contribution >= 0.6 is 11.6 Å². The van der Waals surface area contributed by atoms with Crippen molar-refractivity contribution in [1.29, 1.82) is 0 Å². The van der Waals surface area contributed by atoms with Gasteiger partial charge in [-0.1, -0.05) is 11.6 Å². The maximum atomic E-state index is 12.9. The number of nitrogens with zero attached hydrogens (tertiary/aromatic N) is 2. The molecule has 2 aromatic carbocycles. The molecule has 0 saturated carbocycles. The van der Waals surface area contributed by atoms with Gasteiger partial charge in [-0.05, 0) is 61.7 Å². The standard InChI is InChI=1S/C21H24ClN3O4S/c1-13-10-16(30(28,29)24(3)4)12-18(14(13)2)23-21(27)15-7-8-17(22)19(11-15)25-9-5-6-20(25)26/h7-8,10-12H,5-6,9H2,1-4H3,(H,23,27). The molecule has 3 rings (SSSR count). The molecule has 9 heteroatoms. The van der Waals surface area contributed by atoms with Crippen molar-refractivity contribution in [1.82, 2.24) is 4.31 Å². The summed E-state index contributed by atoms with van der Waals surface area (Å²) in [4.78, 5) is 26.7. The molecule has 2 amide bonds. The molecular formula is C21H24ClN3O4S. The molecule has 0 atom stereocenters. The van der Waals surface area contributed by atoms with Gasteiger partial charge in [0.15, 0.2) is 0 Å². The van der Waals surface area contributed by atoms with Crippen molar-refractivity contribution in [3.8, 4) is 0 Å². The first-order valence-electron chi connectivity index (χ1n) is 9.47. The molecule has 0 unspecified atom stereocenters. The topological polar surface area (TPSA) is 86.8 Å². The van der Waals surface area contributed by atoms with E-state index in [2.05, 4.69) is 5.32 Å². The van der Waals surface area contributed by atoms with Crippen LogP contribution in [0.2, 0.25) is 5.02 Å². The van der Waals surface area contributed by atoms with E-state index in [-0.39, 0.29) is 10.8 Å². The third-order valence-corrected chi connectivity index (χ3v) is 7.35. The molecule has 0 bridgehead atoms. The highest BCUT2D eigenvalue weighted by Gasteiger charge is 2.25. The summed E-state index contributed by atoms with van der Waals surface area (Å²) < 4.78 is 26.2. The number of halogens is 1. The monoisotopic (exact) mass is 449 g/mol. The summed E-state index contributed by atoms with van der Waals surface area (Å²) in [6, 6.07) is 7.78. The number of rotatable bonds is 5. The highest BCUT2D eigenvalue weighted by molar-refractivity contribution is 7.89. The second kappa shape index (κ2) is 8.37. The van der Waals surface area contributed by atoms with E-state index in [1.807, 2.05) is 6.92 Å². The predicted molar refractivity (Wildman–Crippen MR) is 118 cm³/mol.